The number of hydrogen-bond donors (Lipinski definition) is 2. The quantitative estimate of drug-likeness (QED) is 0.778. The maximum Gasteiger partial charge on any atom is 0.276 e. The zero-order valence-corrected chi connectivity index (χ0v) is 14.6. The number of amides is 2. The van der Waals surface area contributed by atoms with Crippen molar-refractivity contribution in [3.8, 4) is 5.75 Å². The molecule has 7 heteroatoms. The Bertz CT molecular complexity index is 720. The molecule has 2 amide bonds. The molecule has 0 heterocycles. The number of hydrazine groups is 1. The Hall–Kier alpha value is -2.05. The van der Waals surface area contributed by atoms with Crippen LogP contribution in [0.1, 0.15) is 15.9 Å². The van der Waals surface area contributed by atoms with E-state index in [0.717, 1.165) is 5.56 Å². The number of ether oxygens (including phenoxy) is 1. The highest BCUT2D eigenvalue weighted by molar-refractivity contribution is 9.10. The number of nitrogens with one attached hydrogen (secondary N) is 2. The molecule has 0 bridgehead atoms. The van der Waals surface area contributed by atoms with Gasteiger partial charge in [0.05, 0.1) is 4.47 Å². The Morgan fingerprint density at radius 1 is 1.13 bits per heavy atom. The van der Waals surface area contributed by atoms with Gasteiger partial charge in [0.25, 0.3) is 11.8 Å². The monoisotopic (exact) mass is 396 g/mol. The molecular weight excluding hydrogens is 384 g/mol. The molecule has 0 radical (unpaired) electrons. The molecule has 5 nitrogen and oxygen atoms in total. The molecule has 0 aliphatic carbocycles. The van der Waals surface area contributed by atoms with Gasteiger partial charge in [-0.2, -0.15) is 0 Å². The lowest BCUT2D eigenvalue weighted by Gasteiger charge is -2.10. The zero-order chi connectivity index (χ0) is 16.8. The van der Waals surface area contributed by atoms with Crippen molar-refractivity contribution in [3.63, 3.8) is 0 Å². The predicted molar refractivity (Wildman–Crippen MR) is 91.4 cm³/mol. The molecule has 0 fully saturated rings. The van der Waals surface area contributed by atoms with Gasteiger partial charge in [-0.15, -0.1) is 0 Å². The van der Waals surface area contributed by atoms with Crippen molar-refractivity contribution in [2.45, 2.75) is 6.92 Å². The molecule has 2 N–H and O–H groups in total. The average molecular weight is 398 g/mol. The van der Waals surface area contributed by atoms with Crippen molar-refractivity contribution in [1.29, 1.82) is 0 Å². The molecule has 0 aliphatic heterocycles. The summed E-state index contributed by atoms with van der Waals surface area (Å²) in [5.41, 5.74) is 6.12. The summed E-state index contributed by atoms with van der Waals surface area (Å²) < 4.78 is 5.98. The van der Waals surface area contributed by atoms with E-state index < -0.39 is 11.8 Å². The van der Waals surface area contributed by atoms with Crippen molar-refractivity contribution in [2.24, 2.45) is 0 Å². The molecule has 0 saturated carbocycles. The van der Waals surface area contributed by atoms with Gasteiger partial charge in [-0.3, -0.25) is 20.4 Å². The van der Waals surface area contributed by atoms with Crippen LogP contribution < -0.4 is 15.6 Å². The topological polar surface area (TPSA) is 67.4 Å². The number of halogens is 2. The first-order valence-corrected chi connectivity index (χ1v) is 7.86. The minimum Gasteiger partial charge on any atom is -0.483 e. The summed E-state index contributed by atoms with van der Waals surface area (Å²) in [7, 11) is 0. The third-order valence-electron chi connectivity index (χ3n) is 2.88. The fraction of sp³-hybridized carbons (Fsp3) is 0.125. The number of benzene rings is 2. The van der Waals surface area contributed by atoms with Crippen LogP contribution in [0.3, 0.4) is 0 Å². The summed E-state index contributed by atoms with van der Waals surface area (Å²) in [4.78, 5) is 23.5. The van der Waals surface area contributed by atoms with E-state index in [1.165, 1.54) is 0 Å². The van der Waals surface area contributed by atoms with E-state index in [2.05, 4.69) is 26.8 Å². The number of hydrogen-bond acceptors (Lipinski definition) is 3. The SMILES string of the molecule is Cc1ccc(C(=O)NNC(=O)COc2ccc(Cl)cc2Br)cc1. The van der Waals surface area contributed by atoms with Crippen LogP contribution >= 0.6 is 27.5 Å². The van der Waals surface area contributed by atoms with Gasteiger partial charge in [-0.1, -0.05) is 29.3 Å². The van der Waals surface area contributed by atoms with Crippen molar-refractivity contribution < 1.29 is 14.3 Å². The van der Waals surface area contributed by atoms with E-state index in [9.17, 15) is 9.59 Å². The largest absolute Gasteiger partial charge is 0.483 e. The lowest BCUT2D eigenvalue weighted by Crippen LogP contribution is -2.43. The second-order valence-electron chi connectivity index (χ2n) is 4.73. The zero-order valence-electron chi connectivity index (χ0n) is 12.2. The standard InChI is InChI=1S/C16H14BrClN2O3/c1-10-2-4-11(5-3-10)16(22)20-19-15(21)9-23-14-7-6-12(18)8-13(14)17/h2-8H,9H2,1H3,(H,19,21)(H,20,22). The highest BCUT2D eigenvalue weighted by atomic mass is 79.9. The first-order valence-electron chi connectivity index (χ1n) is 6.69. The molecule has 2 aromatic rings. The van der Waals surface area contributed by atoms with Crippen LogP contribution in [-0.4, -0.2) is 18.4 Å². The summed E-state index contributed by atoms with van der Waals surface area (Å²) in [6.45, 7) is 1.68. The van der Waals surface area contributed by atoms with Gasteiger partial charge < -0.3 is 4.74 Å². The van der Waals surface area contributed by atoms with Crippen LogP contribution in [0.5, 0.6) is 5.75 Å². The minimum absolute atomic E-state index is 0.242. The first-order chi connectivity index (χ1) is 11.0. The Labute approximate surface area is 147 Å². The fourth-order valence-corrected chi connectivity index (χ4v) is 2.47. The highest BCUT2D eigenvalue weighted by Crippen LogP contribution is 2.27. The Kier molecular flexibility index (Phi) is 6.01. The highest BCUT2D eigenvalue weighted by Gasteiger charge is 2.09. The van der Waals surface area contributed by atoms with Gasteiger partial charge in [-0.05, 0) is 53.2 Å². The van der Waals surface area contributed by atoms with Gasteiger partial charge in [0.15, 0.2) is 6.61 Å². The number of rotatable bonds is 4. The number of carbonyl (C=O) groups is 2. The normalized spacial score (nSPS) is 10.0. The molecule has 0 aromatic heterocycles. The van der Waals surface area contributed by atoms with Gasteiger partial charge >= 0.3 is 0 Å². The van der Waals surface area contributed by atoms with Crippen LogP contribution in [0.25, 0.3) is 0 Å². The summed E-state index contributed by atoms with van der Waals surface area (Å²) >= 11 is 9.10. The first kappa shape index (κ1) is 17.3. The molecule has 0 spiro atoms. The van der Waals surface area contributed by atoms with Crippen LogP contribution in [0.4, 0.5) is 0 Å². The number of carbonyl (C=O) groups excluding carboxylic acids is 2. The molecule has 120 valence electrons. The maximum atomic E-state index is 11.8. The lowest BCUT2D eigenvalue weighted by atomic mass is 10.1. The summed E-state index contributed by atoms with van der Waals surface area (Å²) in [5, 5.41) is 0.555. The van der Waals surface area contributed by atoms with Crippen LogP contribution in [0, 0.1) is 6.92 Å². The molecule has 0 atom stereocenters. The molecular formula is C16H14BrClN2O3. The predicted octanol–water partition coefficient (Wildman–Crippen LogP) is 3.25. The van der Waals surface area contributed by atoms with E-state index in [0.29, 0.717) is 20.8 Å². The van der Waals surface area contributed by atoms with Gasteiger partial charge in [0, 0.05) is 10.6 Å². The maximum absolute atomic E-state index is 11.8. The molecule has 0 saturated heterocycles. The van der Waals surface area contributed by atoms with E-state index in [1.807, 2.05) is 19.1 Å². The number of aryl methyl sites for hydroxylation is 1. The van der Waals surface area contributed by atoms with Crippen molar-refractivity contribution in [2.75, 3.05) is 6.61 Å². The molecule has 23 heavy (non-hydrogen) atoms. The Balaban J connectivity index is 1.81. The molecule has 0 aliphatic rings. The van der Waals surface area contributed by atoms with Crippen LogP contribution in [0.15, 0.2) is 46.9 Å². The van der Waals surface area contributed by atoms with Gasteiger partial charge in [0.2, 0.25) is 0 Å². The van der Waals surface area contributed by atoms with Crippen molar-refractivity contribution >= 4 is 39.3 Å². The molecule has 2 aromatic carbocycles. The van der Waals surface area contributed by atoms with E-state index in [-0.39, 0.29) is 6.61 Å². The van der Waals surface area contributed by atoms with E-state index >= 15 is 0 Å². The van der Waals surface area contributed by atoms with Crippen LogP contribution in [0.2, 0.25) is 5.02 Å². The Morgan fingerprint density at radius 2 is 1.83 bits per heavy atom. The van der Waals surface area contributed by atoms with Crippen molar-refractivity contribution in [1.82, 2.24) is 10.9 Å². The minimum atomic E-state index is -0.479. The molecule has 2 rings (SSSR count). The second-order valence-corrected chi connectivity index (χ2v) is 6.02. The van der Waals surface area contributed by atoms with Crippen molar-refractivity contribution in [3.05, 3.63) is 63.1 Å². The third kappa shape index (κ3) is 5.26. The van der Waals surface area contributed by atoms with E-state index in [4.69, 9.17) is 16.3 Å². The Morgan fingerprint density at radius 3 is 2.48 bits per heavy atom. The summed E-state index contributed by atoms with van der Waals surface area (Å²) in [6.07, 6.45) is 0. The second kappa shape index (κ2) is 7.99. The van der Waals surface area contributed by atoms with Gasteiger partial charge in [-0.25, -0.2) is 0 Å². The van der Waals surface area contributed by atoms with Gasteiger partial charge in [0.1, 0.15) is 5.75 Å². The summed E-state index contributed by atoms with van der Waals surface area (Å²) in [6, 6.07) is 11.9. The smallest absolute Gasteiger partial charge is 0.276 e. The van der Waals surface area contributed by atoms with Crippen LogP contribution in [-0.2, 0) is 4.79 Å². The van der Waals surface area contributed by atoms with E-state index in [1.54, 1.807) is 30.3 Å². The molecule has 0 unspecified atom stereocenters. The average Bonchev–Trinajstić information content (AvgIpc) is 2.52. The third-order valence-corrected chi connectivity index (χ3v) is 3.74. The summed E-state index contributed by atoms with van der Waals surface area (Å²) in [5.74, 6) is -0.396. The lowest BCUT2D eigenvalue weighted by molar-refractivity contribution is -0.123. The fourth-order valence-electron chi connectivity index (χ4n) is 1.68.